The van der Waals surface area contributed by atoms with Crippen LogP contribution in [0.2, 0.25) is 5.02 Å². The molecule has 0 aliphatic rings. The SMILES string of the molecule is Cc1ccc(C)c(NCc2ccc([N+](=O)[O-])cc2Cl)c1. The Labute approximate surface area is 122 Å². The fourth-order valence-corrected chi connectivity index (χ4v) is 2.15. The number of hydrogen-bond acceptors (Lipinski definition) is 3. The van der Waals surface area contributed by atoms with E-state index in [0.717, 1.165) is 16.8 Å². The third kappa shape index (κ3) is 3.27. The summed E-state index contributed by atoms with van der Waals surface area (Å²) in [6, 6.07) is 10.7. The molecule has 0 bridgehead atoms. The minimum Gasteiger partial charge on any atom is -0.381 e. The Kier molecular flexibility index (Phi) is 4.25. The molecule has 2 aromatic carbocycles. The van der Waals surface area contributed by atoms with Gasteiger partial charge in [0, 0.05) is 24.4 Å². The molecule has 0 radical (unpaired) electrons. The van der Waals surface area contributed by atoms with Gasteiger partial charge in [0.05, 0.1) is 9.95 Å². The molecule has 0 aliphatic carbocycles. The number of anilines is 1. The van der Waals surface area contributed by atoms with Crippen LogP contribution in [0, 0.1) is 24.0 Å². The summed E-state index contributed by atoms with van der Waals surface area (Å²) in [7, 11) is 0. The summed E-state index contributed by atoms with van der Waals surface area (Å²) >= 11 is 6.07. The van der Waals surface area contributed by atoms with E-state index in [4.69, 9.17) is 11.6 Å². The van der Waals surface area contributed by atoms with Crippen molar-refractivity contribution in [2.24, 2.45) is 0 Å². The van der Waals surface area contributed by atoms with E-state index in [2.05, 4.69) is 23.5 Å². The predicted molar refractivity (Wildman–Crippen MR) is 81.3 cm³/mol. The van der Waals surface area contributed by atoms with Gasteiger partial charge < -0.3 is 5.32 Å². The molecule has 4 nitrogen and oxygen atoms in total. The van der Waals surface area contributed by atoms with Gasteiger partial charge in [-0.25, -0.2) is 0 Å². The second-order valence-electron chi connectivity index (χ2n) is 4.70. The third-order valence-electron chi connectivity index (χ3n) is 3.11. The van der Waals surface area contributed by atoms with Crippen molar-refractivity contribution in [3.63, 3.8) is 0 Å². The Bertz CT molecular complexity index is 656. The number of nitro benzene ring substituents is 1. The Morgan fingerprint density at radius 3 is 2.60 bits per heavy atom. The van der Waals surface area contributed by atoms with Crippen molar-refractivity contribution in [3.8, 4) is 0 Å². The van der Waals surface area contributed by atoms with Gasteiger partial charge in [0.1, 0.15) is 0 Å². The first kappa shape index (κ1) is 14.3. The maximum absolute atomic E-state index is 10.7. The van der Waals surface area contributed by atoms with Crippen LogP contribution in [0.15, 0.2) is 36.4 Å². The van der Waals surface area contributed by atoms with Crippen LogP contribution in [-0.2, 0) is 6.54 Å². The summed E-state index contributed by atoms with van der Waals surface area (Å²) in [6.07, 6.45) is 0. The molecule has 0 saturated carbocycles. The number of nitro groups is 1. The average molecular weight is 291 g/mol. The monoisotopic (exact) mass is 290 g/mol. The summed E-state index contributed by atoms with van der Waals surface area (Å²) in [6.45, 7) is 4.59. The molecule has 2 aromatic rings. The molecular formula is C15H15ClN2O2. The standard InChI is InChI=1S/C15H15ClN2O2/c1-10-3-4-11(2)15(7-10)17-9-12-5-6-13(18(19)20)8-14(12)16/h3-8,17H,9H2,1-2H3. The van der Waals surface area contributed by atoms with E-state index in [0.29, 0.717) is 11.6 Å². The van der Waals surface area contributed by atoms with E-state index in [9.17, 15) is 10.1 Å². The molecule has 0 unspecified atom stereocenters. The van der Waals surface area contributed by atoms with Crippen molar-refractivity contribution in [3.05, 3.63) is 68.2 Å². The number of halogens is 1. The summed E-state index contributed by atoms with van der Waals surface area (Å²) in [5, 5.41) is 14.4. The van der Waals surface area contributed by atoms with Crippen molar-refractivity contribution in [2.45, 2.75) is 20.4 Å². The summed E-state index contributed by atoms with van der Waals surface area (Å²) < 4.78 is 0. The maximum Gasteiger partial charge on any atom is 0.270 e. The lowest BCUT2D eigenvalue weighted by atomic mass is 10.1. The summed E-state index contributed by atoms with van der Waals surface area (Å²) in [5.41, 5.74) is 4.20. The van der Waals surface area contributed by atoms with Crippen LogP contribution >= 0.6 is 11.6 Å². The Hall–Kier alpha value is -2.07. The van der Waals surface area contributed by atoms with E-state index >= 15 is 0 Å². The third-order valence-corrected chi connectivity index (χ3v) is 3.46. The van der Waals surface area contributed by atoms with Crippen LogP contribution in [-0.4, -0.2) is 4.92 Å². The zero-order valence-electron chi connectivity index (χ0n) is 11.3. The van der Waals surface area contributed by atoms with E-state index in [1.165, 1.54) is 17.7 Å². The van der Waals surface area contributed by atoms with Crippen LogP contribution in [0.25, 0.3) is 0 Å². The Balaban J connectivity index is 2.15. The van der Waals surface area contributed by atoms with E-state index in [-0.39, 0.29) is 5.69 Å². The highest BCUT2D eigenvalue weighted by molar-refractivity contribution is 6.31. The van der Waals surface area contributed by atoms with Crippen molar-refractivity contribution >= 4 is 23.0 Å². The molecule has 0 aromatic heterocycles. The fraction of sp³-hybridized carbons (Fsp3) is 0.200. The molecule has 0 saturated heterocycles. The minimum absolute atomic E-state index is 0.00508. The zero-order chi connectivity index (χ0) is 14.7. The van der Waals surface area contributed by atoms with Gasteiger partial charge in [-0.05, 0) is 42.7 Å². The highest BCUT2D eigenvalue weighted by atomic mass is 35.5. The van der Waals surface area contributed by atoms with Gasteiger partial charge in [-0.3, -0.25) is 10.1 Å². The predicted octanol–water partition coefficient (Wildman–Crippen LogP) is 4.48. The molecule has 0 atom stereocenters. The number of rotatable bonds is 4. The van der Waals surface area contributed by atoms with Crippen molar-refractivity contribution in [1.82, 2.24) is 0 Å². The van der Waals surface area contributed by atoms with Crippen molar-refractivity contribution in [1.29, 1.82) is 0 Å². The summed E-state index contributed by atoms with van der Waals surface area (Å²) in [5.74, 6) is 0. The molecule has 0 amide bonds. The largest absolute Gasteiger partial charge is 0.381 e. The number of non-ortho nitro benzene ring substituents is 1. The number of aryl methyl sites for hydroxylation is 2. The smallest absolute Gasteiger partial charge is 0.270 e. The van der Waals surface area contributed by atoms with Crippen molar-refractivity contribution in [2.75, 3.05) is 5.32 Å². The van der Waals surface area contributed by atoms with Gasteiger partial charge in [-0.2, -0.15) is 0 Å². The van der Waals surface area contributed by atoms with E-state index in [1.54, 1.807) is 6.07 Å². The normalized spacial score (nSPS) is 10.3. The van der Waals surface area contributed by atoms with Crippen LogP contribution in [0.3, 0.4) is 0 Å². The lowest BCUT2D eigenvalue weighted by molar-refractivity contribution is -0.384. The van der Waals surface area contributed by atoms with E-state index in [1.807, 2.05) is 13.8 Å². The molecule has 0 heterocycles. The molecule has 1 N–H and O–H groups in total. The number of nitrogens with zero attached hydrogens (tertiary/aromatic N) is 1. The second-order valence-corrected chi connectivity index (χ2v) is 5.11. The molecule has 0 aliphatic heterocycles. The van der Waals surface area contributed by atoms with Gasteiger partial charge in [0.2, 0.25) is 0 Å². The van der Waals surface area contributed by atoms with Gasteiger partial charge in [0.15, 0.2) is 0 Å². The molecule has 2 rings (SSSR count). The highest BCUT2D eigenvalue weighted by Crippen LogP contribution is 2.24. The Morgan fingerprint density at radius 2 is 1.95 bits per heavy atom. The van der Waals surface area contributed by atoms with Crippen molar-refractivity contribution < 1.29 is 4.92 Å². The fourth-order valence-electron chi connectivity index (χ4n) is 1.91. The Morgan fingerprint density at radius 1 is 1.20 bits per heavy atom. The molecule has 5 heteroatoms. The quantitative estimate of drug-likeness (QED) is 0.667. The minimum atomic E-state index is -0.451. The molecule has 0 fully saturated rings. The van der Waals surface area contributed by atoms with E-state index < -0.39 is 4.92 Å². The van der Waals surface area contributed by atoms with Crippen LogP contribution < -0.4 is 5.32 Å². The number of benzene rings is 2. The second kappa shape index (κ2) is 5.92. The lowest BCUT2D eigenvalue weighted by Gasteiger charge is -2.11. The van der Waals surface area contributed by atoms with Gasteiger partial charge >= 0.3 is 0 Å². The molecule has 20 heavy (non-hydrogen) atoms. The summed E-state index contributed by atoms with van der Waals surface area (Å²) in [4.78, 5) is 10.2. The first-order chi connectivity index (χ1) is 9.47. The van der Waals surface area contributed by atoms with Crippen LogP contribution in [0.5, 0.6) is 0 Å². The number of nitrogens with one attached hydrogen (secondary N) is 1. The first-order valence-electron chi connectivity index (χ1n) is 6.21. The zero-order valence-corrected chi connectivity index (χ0v) is 12.1. The maximum atomic E-state index is 10.7. The molecule has 104 valence electrons. The number of hydrogen-bond donors (Lipinski definition) is 1. The first-order valence-corrected chi connectivity index (χ1v) is 6.59. The average Bonchev–Trinajstić information content (AvgIpc) is 2.40. The van der Waals surface area contributed by atoms with Crippen LogP contribution in [0.4, 0.5) is 11.4 Å². The molecular weight excluding hydrogens is 276 g/mol. The van der Waals surface area contributed by atoms with Gasteiger partial charge in [-0.15, -0.1) is 0 Å². The molecule has 0 spiro atoms. The topological polar surface area (TPSA) is 55.2 Å². The van der Waals surface area contributed by atoms with Gasteiger partial charge in [0.25, 0.3) is 5.69 Å². The highest BCUT2D eigenvalue weighted by Gasteiger charge is 2.09. The van der Waals surface area contributed by atoms with Crippen LogP contribution in [0.1, 0.15) is 16.7 Å². The lowest BCUT2D eigenvalue weighted by Crippen LogP contribution is -2.02. The van der Waals surface area contributed by atoms with Gasteiger partial charge in [-0.1, -0.05) is 23.7 Å².